The fourth-order valence-corrected chi connectivity index (χ4v) is 2.64. The molecule has 0 saturated carbocycles. The third kappa shape index (κ3) is 5.57. The van der Waals surface area contributed by atoms with Crippen LogP contribution in [0.5, 0.6) is 0 Å². The summed E-state index contributed by atoms with van der Waals surface area (Å²) in [6.07, 6.45) is 4.55. The number of nitro benzene ring substituents is 1. The van der Waals surface area contributed by atoms with E-state index in [4.69, 9.17) is 0 Å². The van der Waals surface area contributed by atoms with E-state index in [-0.39, 0.29) is 11.6 Å². The van der Waals surface area contributed by atoms with Gasteiger partial charge in [-0.25, -0.2) is 0 Å². The van der Waals surface area contributed by atoms with Gasteiger partial charge in [-0.2, -0.15) is 0 Å². The maximum atomic E-state index is 11.9. The predicted molar refractivity (Wildman–Crippen MR) is 99.4 cm³/mol. The van der Waals surface area contributed by atoms with E-state index in [1.807, 2.05) is 0 Å². The molecule has 0 bridgehead atoms. The number of carbonyl (C=O) groups is 1. The van der Waals surface area contributed by atoms with Crippen LogP contribution in [0, 0.1) is 24.0 Å². The van der Waals surface area contributed by atoms with Crippen molar-refractivity contribution in [3.05, 3.63) is 80.9 Å². The molecule has 5 heteroatoms. The zero-order valence-electron chi connectivity index (χ0n) is 14.5. The molecular weight excluding hydrogens is 316 g/mol. The number of rotatable bonds is 7. The molecule has 2 aromatic rings. The number of hydrogen-bond acceptors (Lipinski definition) is 3. The molecule has 0 heterocycles. The Balaban J connectivity index is 1.82. The standard InChI is InChI=1S/C20H22N2O3/c1-15-9-10-17(16(2)14-15)7-5-13-21-20(23)12-11-18-6-3-4-8-19(18)22(24)25/h3-4,6,8-12,14H,5,7,13H2,1-2H3,(H,21,23)/b12-11+. The van der Waals surface area contributed by atoms with Crippen LogP contribution < -0.4 is 5.32 Å². The van der Waals surface area contributed by atoms with Gasteiger partial charge >= 0.3 is 0 Å². The molecule has 1 amide bonds. The molecule has 5 nitrogen and oxygen atoms in total. The van der Waals surface area contributed by atoms with Crippen molar-refractivity contribution in [3.63, 3.8) is 0 Å². The zero-order valence-corrected chi connectivity index (χ0v) is 14.5. The molecule has 2 rings (SSSR count). The largest absolute Gasteiger partial charge is 0.353 e. The minimum atomic E-state index is -0.457. The average Bonchev–Trinajstić information content (AvgIpc) is 2.58. The van der Waals surface area contributed by atoms with Gasteiger partial charge in [-0.15, -0.1) is 0 Å². The highest BCUT2D eigenvalue weighted by molar-refractivity contribution is 5.92. The molecule has 1 N–H and O–H groups in total. The number of amides is 1. The number of nitrogens with one attached hydrogen (secondary N) is 1. The summed E-state index contributed by atoms with van der Waals surface area (Å²) in [5, 5.41) is 13.7. The molecule has 0 aliphatic carbocycles. The van der Waals surface area contributed by atoms with Crippen LogP contribution in [0.3, 0.4) is 0 Å². The van der Waals surface area contributed by atoms with Gasteiger partial charge in [0.25, 0.3) is 5.69 Å². The van der Waals surface area contributed by atoms with E-state index in [0.717, 1.165) is 12.8 Å². The lowest BCUT2D eigenvalue weighted by atomic mass is 10.0. The summed E-state index contributed by atoms with van der Waals surface area (Å²) in [6.45, 7) is 4.73. The van der Waals surface area contributed by atoms with Crippen LogP contribution in [0.15, 0.2) is 48.5 Å². The predicted octanol–water partition coefficient (Wildman–Crippen LogP) is 3.97. The number of nitro groups is 1. The number of nitrogens with zero attached hydrogens (tertiary/aromatic N) is 1. The lowest BCUT2D eigenvalue weighted by molar-refractivity contribution is -0.385. The van der Waals surface area contributed by atoms with Crippen molar-refractivity contribution in [3.8, 4) is 0 Å². The maximum absolute atomic E-state index is 11.9. The number of benzene rings is 2. The number of carbonyl (C=O) groups excluding carboxylic acids is 1. The molecule has 0 aliphatic heterocycles. The first-order valence-electron chi connectivity index (χ1n) is 8.23. The summed E-state index contributed by atoms with van der Waals surface area (Å²) in [5.41, 5.74) is 4.20. The van der Waals surface area contributed by atoms with Gasteiger partial charge in [0.05, 0.1) is 10.5 Å². The third-order valence-electron chi connectivity index (χ3n) is 3.97. The van der Waals surface area contributed by atoms with Crippen molar-refractivity contribution in [2.45, 2.75) is 26.7 Å². The molecular formula is C20H22N2O3. The first kappa shape index (κ1) is 18.4. The van der Waals surface area contributed by atoms with Gasteiger partial charge in [0.2, 0.25) is 5.91 Å². The van der Waals surface area contributed by atoms with E-state index < -0.39 is 4.92 Å². The van der Waals surface area contributed by atoms with Crippen LogP contribution in [0.2, 0.25) is 0 Å². The highest BCUT2D eigenvalue weighted by atomic mass is 16.6. The summed E-state index contributed by atoms with van der Waals surface area (Å²) < 4.78 is 0. The smallest absolute Gasteiger partial charge is 0.276 e. The minimum Gasteiger partial charge on any atom is -0.353 e. The van der Waals surface area contributed by atoms with Crippen molar-refractivity contribution in [1.29, 1.82) is 0 Å². The normalized spacial score (nSPS) is 10.8. The second kappa shape index (κ2) is 8.78. The fourth-order valence-electron chi connectivity index (χ4n) is 2.64. The van der Waals surface area contributed by atoms with Crippen LogP contribution in [-0.2, 0) is 11.2 Å². The van der Waals surface area contributed by atoms with E-state index in [0.29, 0.717) is 12.1 Å². The Morgan fingerprint density at radius 3 is 2.68 bits per heavy atom. The van der Waals surface area contributed by atoms with Crippen LogP contribution in [0.25, 0.3) is 6.08 Å². The summed E-state index contributed by atoms with van der Waals surface area (Å²) in [5.74, 6) is -0.251. The molecule has 0 aliphatic rings. The second-order valence-corrected chi connectivity index (χ2v) is 5.97. The Morgan fingerprint density at radius 1 is 1.20 bits per heavy atom. The summed E-state index contributed by atoms with van der Waals surface area (Å²) in [6, 6.07) is 12.7. The Bertz CT molecular complexity index is 797. The van der Waals surface area contributed by atoms with Crippen molar-refractivity contribution in [2.24, 2.45) is 0 Å². The third-order valence-corrected chi connectivity index (χ3v) is 3.97. The van der Waals surface area contributed by atoms with Crippen LogP contribution in [-0.4, -0.2) is 17.4 Å². The van der Waals surface area contributed by atoms with Crippen molar-refractivity contribution < 1.29 is 9.72 Å². The lowest BCUT2D eigenvalue weighted by Gasteiger charge is -2.07. The molecule has 2 aromatic carbocycles. The van der Waals surface area contributed by atoms with Gasteiger partial charge in [-0.05, 0) is 50.0 Å². The first-order valence-corrected chi connectivity index (χ1v) is 8.23. The van der Waals surface area contributed by atoms with Gasteiger partial charge in [0.1, 0.15) is 0 Å². The SMILES string of the molecule is Cc1ccc(CCCNC(=O)/C=C/c2ccccc2[N+](=O)[O-])c(C)c1. The van der Waals surface area contributed by atoms with E-state index in [1.165, 1.54) is 34.9 Å². The van der Waals surface area contributed by atoms with Crippen LogP contribution in [0.4, 0.5) is 5.69 Å². The molecule has 25 heavy (non-hydrogen) atoms. The zero-order chi connectivity index (χ0) is 18.2. The summed E-state index contributed by atoms with van der Waals surface area (Å²) in [7, 11) is 0. The average molecular weight is 338 g/mol. The summed E-state index contributed by atoms with van der Waals surface area (Å²) in [4.78, 5) is 22.3. The molecule has 0 saturated heterocycles. The van der Waals surface area contributed by atoms with Crippen LogP contribution in [0.1, 0.15) is 28.7 Å². The van der Waals surface area contributed by atoms with Crippen LogP contribution >= 0.6 is 0 Å². The van der Waals surface area contributed by atoms with Gasteiger partial charge in [-0.1, -0.05) is 35.9 Å². The van der Waals surface area contributed by atoms with Crippen molar-refractivity contribution >= 4 is 17.7 Å². The van der Waals surface area contributed by atoms with E-state index in [2.05, 4.69) is 37.4 Å². The van der Waals surface area contributed by atoms with Gasteiger partial charge < -0.3 is 5.32 Å². The molecule has 0 fully saturated rings. The molecule has 0 atom stereocenters. The molecule has 0 radical (unpaired) electrons. The Kier molecular flexibility index (Phi) is 6.46. The van der Waals surface area contributed by atoms with E-state index in [1.54, 1.807) is 18.2 Å². The minimum absolute atomic E-state index is 0.0126. The monoisotopic (exact) mass is 338 g/mol. The molecule has 130 valence electrons. The Hall–Kier alpha value is -2.95. The van der Waals surface area contributed by atoms with E-state index >= 15 is 0 Å². The van der Waals surface area contributed by atoms with Gasteiger partial charge in [-0.3, -0.25) is 14.9 Å². The lowest BCUT2D eigenvalue weighted by Crippen LogP contribution is -2.22. The number of para-hydroxylation sites is 1. The summed E-state index contributed by atoms with van der Waals surface area (Å²) >= 11 is 0. The Labute approximate surface area is 147 Å². The number of aryl methyl sites for hydroxylation is 3. The Morgan fingerprint density at radius 2 is 1.96 bits per heavy atom. The first-order chi connectivity index (χ1) is 12.0. The highest BCUT2D eigenvalue weighted by Crippen LogP contribution is 2.18. The van der Waals surface area contributed by atoms with E-state index in [9.17, 15) is 14.9 Å². The highest BCUT2D eigenvalue weighted by Gasteiger charge is 2.09. The maximum Gasteiger partial charge on any atom is 0.276 e. The molecule has 0 spiro atoms. The number of hydrogen-bond donors (Lipinski definition) is 1. The quantitative estimate of drug-likeness (QED) is 0.359. The molecule has 0 aromatic heterocycles. The van der Waals surface area contributed by atoms with Crippen molar-refractivity contribution in [2.75, 3.05) is 6.54 Å². The topological polar surface area (TPSA) is 72.2 Å². The fraction of sp³-hybridized carbons (Fsp3) is 0.250. The second-order valence-electron chi connectivity index (χ2n) is 5.97. The molecule has 0 unspecified atom stereocenters. The van der Waals surface area contributed by atoms with Gasteiger partial charge in [0.15, 0.2) is 0 Å². The van der Waals surface area contributed by atoms with Gasteiger partial charge in [0, 0.05) is 18.7 Å². The van der Waals surface area contributed by atoms with Crippen molar-refractivity contribution in [1.82, 2.24) is 5.32 Å².